The van der Waals surface area contributed by atoms with Crippen LogP contribution in [-0.2, 0) is 11.3 Å². The maximum Gasteiger partial charge on any atom is 0.231 e. The molecule has 2 heterocycles. The molecule has 25 heavy (non-hydrogen) atoms. The van der Waals surface area contributed by atoms with E-state index in [9.17, 15) is 4.79 Å². The van der Waals surface area contributed by atoms with Crippen LogP contribution >= 0.6 is 0 Å². The molecule has 0 spiro atoms. The Morgan fingerprint density at radius 1 is 1.16 bits per heavy atom. The normalized spacial score (nSPS) is 24.0. The molecule has 3 rings (SSSR count). The lowest BCUT2D eigenvalue weighted by Crippen LogP contribution is -3.12. The molecule has 1 aromatic carbocycles. The van der Waals surface area contributed by atoms with Crippen molar-refractivity contribution in [2.45, 2.75) is 38.6 Å². The molecule has 2 atom stereocenters. The third-order valence-electron chi connectivity index (χ3n) is 5.56. The standard InChI is InChI=1S/C20H30N2O3/c1-24-18-10-6-8-16(19(18)25-2)14-21-11-7-9-17(15-21)20(23)22-12-4-3-5-13-22/h6,8,10,17H,3-5,7,9,11-15H2,1-2H3/p+1. The van der Waals surface area contributed by atoms with Crippen LogP contribution in [0.1, 0.15) is 37.7 Å². The molecule has 0 radical (unpaired) electrons. The van der Waals surface area contributed by atoms with E-state index >= 15 is 0 Å². The van der Waals surface area contributed by atoms with Gasteiger partial charge in [-0.25, -0.2) is 0 Å². The number of nitrogens with zero attached hydrogens (tertiary/aromatic N) is 1. The van der Waals surface area contributed by atoms with Gasteiger partial charge in [-0.15, -0.1) is 0 Å². The molecule has 0 aromatic heterocycles. The van der Waals surface area contributed by atoms with Gasteiger partial charge in [0.1, 0.15) is 6.54 Å². The molecular weight excluding hydrogens is 316 g/mol. The van der Waals surface area contributed by atoms with E-state index in [2.05, 4.69) is 11.0 Å². The molecule has 0 saturated carbocycles. The largest absolute Gasteiger partial charge is 0.493 e. The Bertz CT molecular complexity index is 584. The molecule has 2 unspecified atom stereocenters. The predicted molar refractivity (Wildman–Crippen MR) is 97.1 cm³/mol. The Hall–Kier alpha value is -1.75. The second-order valence-electron chi connectivity index (χ2n) is 7.26. The lowest BCUT2D eigenvalue weighted by atomic mass is 9.95. The summed E-state index contributed by atoms with van der Waals surface area (Å²) < 4.78 is 11.0. The minimum absolute atomic E-state index is 0.179. The van der Waals surface area contributed by atoms with Crippen LogP contribution in [0, 0.1) is 5.92 Å². The van der Waals surface area contributed by atoms with E-state index in [1.807, 2.05) is 12.1 Å². The molecular formula is C20H31N2O3+. The van der Waals surface area contributed by atoms with Gasteiger partial charge < -0.3 is 19.3 Å². The highest BCUT2D eigenvalue weighted by molar-refractivity contribution is 5.79. The van der Waals surface area contributed by atoms with Crippen LogP contribution in [-0.4, -0.2) is 51.2 Å². The van der Waals surface area contributed by atoms with Crippen LogP contribution in [0.3, 0.4) is 0 Å². The quantitative estimate of drug-likeness (QED) is 0.878. The molecule has 0 bridgehead atoms. The highest BCUT2D eigenvalue weighted by Crippen LogP contribution is 2.30. The Morgan fingerprint density at radius 2 is 1.96 bits per heavy atom. The van der Waals surface area contributed by atoms with Gasteiger partial charge in [0, 0.05) is 13.1 Å². The van der Waals surface area contributed by atoms with Crippen molar-refractivity contribution in [2.75, 3.05) is 40.4 Å². The van der Waals surface area contributed by atoms with Crippen molar-refractivity contribution in [3.05, 3.63) is 23.8 Å². The van der Waals surface area contributed by atoms with Gasteiger partial charge in [-0.2, -0.15) is 0 Å². The topological polar surface area (TPSA) is 43.2 Å². The van der Waals surface area contributed by atoms with Gasteiger partial charge in [-0.05, 0) is 44.2 Å². The summed E-state index contributed by atoms with van der Waals surface area (Å²) in [6.45, 7) is 4.83. The first kappa shape index (κ1) is 18.1. The van der Waals surface area contributed by atoms with Gasteiger partial charge in [0.2, 0.25) is 5.91 Å². The van der Waals surface area contributed by atoms with E-state index in [4.69, 9.17) is 9.47 Å². The van der Waals surface area contributed by atoms with Gasteiger partial charge in [-0.1, -0.05) is 6.07 Å². The number of piperidine rings is 2. The number of amides is 1. The summed E-state index contributed by atoms with van der Waals surface area (Å²) in [5.41, 5.74) is 1.16. The maximum absolute atomic E-state index is 12.8. The summed E-state index contributed by atoms with van der Waals surface area (Å²) in [7, 11) is 3.36. The number of hydrogen-bond donors (Lipinski definition) is 1. The van der Waals surface area contributed by atoms with E-state index in [1.54, 1.807) is 14.2 Å². The van der Waals surface area contributed by atoms with Gasteiger partial charge >= 0.3 is 0 Å². The molecule has 2 saturated heterocycles. The average Bonchev–Trinajstić information content (AvgIpc) is 2.68. The van der Waals surface area contributed by atoms with Crippen LogP contribution in [0.25, 0.3) is 0 Å². The van der Waals surface area contributed by atoms with Gasteiger partial charge in [0.25, 0.3) is 0 Å². The van der Waals surface area contributed by atoms with Crippen LogP contribution < -0.4 is 14.4 Å². The van der Waals surface area contributed by atoms with E-state index in [0.717, 1.165) is 75.5 Å². The van der Waals surface area contributed by atoms with Crippen molar-refractivity contribution in [3.63, 3.8) is 0 Å². The molecule has 5 heteroatoms. The Kier molecular flexibility index (Phi) is 6.19. The zero-order chi connectivity index (χ0) is 17.6. The van der Waals surface area contributed by atoms with Crippen LogP contribution in [0.15, 0.2) is 18.2 Å². The minimum atomic E-state index is 0.179. The number of quaternary nitrogens is 1. The third kappa shape index (κ3) is 4.27. The minimum Gasteiger partial charge on any atom is -0.493 e. The highest BCUT2D eigenvalue weighted by atomic mass is 16.5. The molecule has 1 N–H and O–H groups in total. The molecule has 0 aliphatic carbocycles. The van der Waals surface area contributed by atoms with E-state index in [0.29, 0.717) is 5.91 Å². The summed E-state index contributed by atoms with van der Waals surface area (Å²) in [5.74, 6) is 2.16. The second kappa shape index (κ2) is 8.56. The van der Waals surface area contributed by atoms with Crippen molar-refractivity contribution in [1.29, 1.82) is 0 Å². The number of rotatable bonds is 5. The van der Waals surface area contributed by atoms with Crippen LogP contribution in [0.2, 0.25) is 0 Å². The Morgan fingerprint density at radius 3 is 2.68 bits per heavy atom. The number of nitrogens with one attached hydrogen (secondary N) is 1. The second-order valence-corrected chi connectivity index (χ2v) is 7.26. The number of carbonyl (C=O) groups excluding carboxylic acids is 1. The Labute approximate surface area is 150 Å². The lowest BCUT2D eigenvalue weighted by Gasteiger charge is -2.34. The van der Waals surface area contributed by atoms with Crippen molar-refractivity contribution in [3.8, 4) is 11.5 Å². The third-order valence-corrected chi connectivity index (χ3v) is 5.56. The van der Waals surface area contributed by atoms with Crippen molar-refractivity contribution in [1.82, 2.24) is 4.90 Å². The molecule has 1 amide bonds. The number of ether oxygens (including phenoxy) is 2. The highest BCUT2D eigenvalue weighted by Gasteiger charge is 2.32. The van der Waals surface area contributed by atoms with Crippen LogP contribution in [0.5, 0.6) is 11.5 Å². The fourth-order valence-corrected chi connectivity index (χ4v) is 4.26. The molecule has 5 nitrogen and oxygen atoms in total. The smallest absolute Gasteiger partial charge is 0.231 e. The van der Waals surface area contributed by atoms with E-state index < -0.39 is 0 Å². The molecule has 2 fully saturated rings. The maximum atomic E-state index is 12.8. The number of methoxy groups -OCH3 is 2. The van der Waals surface area contributed by atoms with Crippen molar-refractivity contribution >= 4 is 5.91 Å². The predicted octanol–water partition coefficient (Wildman–Crippen LogP) is 1.51. The number of likely N-dealkylation sites (tertiary alicyclic amines) is 2. The lowest BCUT2D eigenvalue weighted by molar-refractivity contribution is -0.921. The molecule has 2 aliphatic rings. The van der Waals surface area contributed by atoms with Gasteiger partial charge in [0.15, 0.2) is 11.5 Å². The fraction of sp³-hybridized carbons (Fsp3) is 0.650. The summed E-state index contributed by atoms with van der Waals surface area (Å²) in [4.78, 5) is 16.4. The first-order chi connectivity index (χ1) is 12.2. The molecule has 1 aromatic rings. The fourth-order valence-electron chi connectivity index (χ4n) is 4.26. The summed E-state index contributed by atoms with van der Waals surface area (Å²) in [6.07, 6.45) is 5.74. The summed E-state index contributed by atoms with van der Waals surface area (Å²) in [6, 6.07) is 6.04. The van der Waals surface area contributed by atoms with Gasteiger partial charge in [0.05, 0.1) is 38.8 Å². The first-order valence-electron chi connectivity index (χ1n) is 9.55. The van der Waals surface area contributed by atoms with Crippen molar-refractivity contribution < 1.29 is 19.2 Å². The zero-order valence-electron chi connectivity index (χ0n) is 15.6. The molecule has 138 valence electrons. The van der Waals surface area contributed by atoms with E-state index in [-0.39, 0.29) is 5.92 Å². The number of para-hydroxylation sites is 1. The average molecular weight is 347 g/mol. The van der Waals surface area contributed by atoms with Crippen molar-refractivity contribution in [2.24, 2.45) is 5.92 Å². The number of carbonyl (C=O) groups is 1. The Balaban J connectivity index is 1.65. The SMILES string of the molecule is COc1cccc(C[NH+]2CCCC(C(=O)N3CCCCC3)C2)c1OC. The van der Waals surface area contributed by atoms with Gasteiger partial charge in [-0.3, -0.25) is 4.79 Å². The zero-order valence-corrected chi connectivity index (χ0v) is 15.6. The molecule has 2 aliphatic heterocycles. The number of benzene rings is 1. The summed E-state index contributed by atoms with van der Waals surface area (Å²) >= 11 is 0. The van der Waals surface area contributed by atoms with E-state index in [1.165, 1.54) is 11.3 Å². The number of hydrogen-bond acceptors (Lipinski definition) is 3. The summed E-state index contributed by atoms with van der Waals surface area (Å²) in [5, 5.41) is 0. The monoisotopic (exact) mass is 347 g/mol. The first-order valence-corrected chi connectivity index (χ1v) is 9.55. The van der Waals surface area contributed by atoms with Crippen LogP contribution in [0.4, 0.5) is 0 Å².